The Kier molecular flexibility index (Phi) is 3.91. The topological polar surface area (TPSA) is 26.0 Å². The number of hydrogen-bond acceptors (Lipinski definition) is 1. The zero-order chi connectivity index (χ0) is 13.3. The lowest BCUT2D eigenvalue weighted by atomic mass is 9.99. The zero-order valence-corrected chi connectivity index (χ0v) is 11.3. The summed E-state index contributed by atoms with van der Waals surface area (Å²) < 4.78 is 40.5. The van der Waals surface area contributed by atoms with Gasteiger partial charge >= 0.3 is 0 Å². The van der Waals surface area contributed by atoms with Gasteiger partial charge in [0.05, 0.1) is 6.04 Å². The summed E-state index contributed by atoms with van der Waals surface area (Å²) in [6, 6.07) is 7.57. The van der Waals surface area contributed by atoms with Crippen molar-refractivity contribution < 1.29 is 13.2 Å². The molecule has 0 radical (unpaired) electrons. The first-order valence-electron chi connectivity index (χ1n) is 5.14. The number of rotatable bonds is 2. The number of benzene rings is 2. The molecule has 5 heteroatoms. The molecular formula is C13H9F3IN. The van der Waals surface area contributed by atoms with Crippen molar-refractivity contribution in [2.75, 3.05) is 0 Å². The fourth-order valence-electron chi connectivity index (χ4n) is 1.63. The van der Waals surface area contributed by atoms with Crippen LogP contribution in [0.2, 0.25) is 0 Å². The molecule has 94 valence electrons. The predicted molar refractivity (Wildman–Crippen MR) is 71.5 cm³/mol. The zero-order valence-electron chi connectivity index (χ0n) is 9.13. The molecule has 0 aromatic heterocycles. The van der Waals surface area contributed by atoms with E-state index in [0.717, 1.165) is 9.64 Å². The minimum atomic E-state index is -1.22. The van der Waals surface area contributed by atoms with E-state index >= 15 is 0 Å². The molecule has 2 aromatic rings. The third-order valence-electron chi connectivity index (χ3n) is 2.60. The first-order chi connectivity index (χ1) is 8.49. The van der Waals surface area contributed by atoms with Gasteiger partial charge in [0.15, 0.2) is 11.6 Å². The van der Waals surface area contributed by atoms with Crippen molar-refractivity contribution in [1.82, 2.24) is 0 Å². The van der Waals surface area contributed by atoms with Crippen molar-refractivity contribution >= 4 is 22.6 Å². The van der Waals surface area contributed by atoms with Crippen LogP contribution in [0.1, 0.15) is 17.2 Å². The maximum Gasteiger partial charge on any atom is 0.161 e. The molecule has 0 spiro atoms. The van der Waals surface area contributed by atoms with Gasteiger partial charge in [0.2, 0.25) is 0 Å². The molecule has 2 N–H and O–H groups in total. The van der Waals surface area contributed by atoms with Crippen LogP contribution in [0.5, 0.6) is 0 Å². The minimum Gasteiger partial charge on any atom is -0.320 e. The molecule has 0 saturated carbocycles. The van der Waals surface area contributed by atoms with E-state index < -0.39 is 23.5 Å². The summed E-state index contributed by atoms with van der Waals surface area (Å²) in [5.41, 5.74) is 6.43. The minimum absolute atomic E-state index is 0.0601. The predicted octanol–water partition coefficient (Wildman–Crippen LogP) is 3.76. The fraction of sp³-hybridized carbons (Fsp3) is 0.0769. The summed E-state index contributed by atoms with van der Waals surface area (Å²) in [6.07, 6.45) is 0. The van der Waals surface area contributed by atoms with Crippen LogP contribution in [-0.2, 0) is 0 Å². The van der Waals surface area contributed by atoms with Crippen LogP contribution in [0.4, 0.5) is 13.2 Å². The third kappa shape index (κ3) is 2.67. The SMILES string of the molecule is NC(c1ccc(I)cc1)c1cc(F)c(F)cc1F. The van der Waals surface area contributed by atoms with Gasteiger partial charge in [-0.05, 0) is 46.4 Å². The Labute approximate surface area is 116 Å². The maximum absolute atomic E-state index is 13.6. The van der Waals surface area contributed by atoms with Gasteiger partial charge in [0.1, 0.15) is 5.82 Å². The van der Waals surface area contributed by atoms with Crippen molar-refractivity contribution in [1.29, 1.82) is 0 Å². The van der Waals surface area contributed by atoms with Crippen LogP contribution in [0.25, 0.3) is 0 Å². The number of nitrogens with two attached hydrogens (primary N) is 1. The van der Waals surface area contributed by atoms with Crippen LogP contribution < -0.4 is 5.73 Å². The summed E-state index contributed by atoms with van der Waals surface area (Å²) in [7, 11) is 0. The van der Waals surface area contributed by atoms with E-state index in [1.807, 2.05) is 12.1 Å². The fourth-order valence-corrected chi connectivity index (χ4v) is 1.99. The number of halogens is 4. The van der Waals surface area contributed by atoms with Crippen LogP contribution >= 0.6 is 22.6 Å². The average molecular weight is 363 g/mol. The van der Waals surface area contributed by atoms with Gasteiger partial charge in [-0.15, -0.1) is 0 Å². The molecule has 0 amide bonds. The van der Waals surface area contributed by atoms with E-state index in [1.54, 1.807) is 12.1 Å². The summed E-state index contributed by atoms with van der Waals surface area (Å²) >= 11 is 2.13. The molecule has 0 aliphatic heterocycles. The highest BCUT2D eigenvalue weighted by atomic mass is 127. The standard InChI is InChI=1S/C13H9F3IN/c14-10-6-12(16)11(15)5-9(10)13(18)7-1-3-8(17)4-2-7/h1-6,13H,18H2. The van der Waals surface area contributed by atoms with Crippen LogP contribution in [0.15, 0.2) is 36.4 Å². The molecule has 2 aromatic carbocycles. The van der Waals surface area contributed by atoms with Crippen molar-refractivity contribution in [2.24, 2.45) is 5.73 Å². The summed E-state index contributed by atoms with van der Waals surface area (Å²) in [4.78, 5) is 0. The Morgan fingerprint density at radius 1 is 0.889 bits per heavy atom. The van der Waals surface area contributed by atoms with Crippen LogP contribution in [-0.4, -0.2) is 0 Å². The van der Waals surface area contributed by atoms with E-state index in [1.165, 1.54) is 0 Å². The second kappa shape index (κ2) is 5.27. The second-order valence-electron chi connectivity index (χ2n) is 3.82. The first kappa shape index (κ1) is 13.4. The van der Waals surface area contributed by atoms with E-state index in [4.69, 9.17) is 5.73 Å². The molecular weight excluding hydrogens is 354 g/mol. The van der Waals surface area contributed by atoms with E-state index in [-0.39, 0.29) is 5.56 Å². The van der Waals surface area contributed by atoms with Gasteiger partial charge in [-0.2, -0.15) is 0 Å². The number of hydrogen-bond donors (Lipinski definition) is 1. The third-order valence-corrected chi connectivity index (χ3v) is 3.32. The monoisotopic (exact) mass is 363 g/mol. The van der Waals surface area contributed by atoms with Gasteiger partial charge in [-0.25, -0.2) is 13.2 Å². The summed E-state index contributed by atoms with van der Waals surface area (Å²) in [5.74, 6) is -3.17. The Balaban J connectivity index is 2.42. The van der Waals surface area contributed by atoms with Crippen molar-refractivity contribution in [2.45, 2.75) is 6.04 Å². The molecule has 0 saturated heterocycles. The molecule has 0 heterocycles. The Hall–Kier alpha value is -1.08. The molecule has 2 rings (SSSR count). The molecule has 0 aliphatic rings. The second-order valence-corrected chi connectivity index (χ2v) is 5.06. The normalized spacial score (nSPS) is 12.5. The maximum atomic E-state index is 13.6. The molecule has 1 nitrogen and oxygen atoms in total. The van der Waals surface area contributed by atoms with Crippen molar-refractivity contribution in [3.8, 4) is 0 Å². The highest BCUT2D eigenvalue weighted by Gasteiger charge is 2.17. The van der Waals surface area contributed by atoms with Crippen molar-refractivity contribution in [3.63, 3.8) is 0 Å². The van der Waals surface area contributed by atoms with Gasteiger partial charge in [0, 0.05) is 15.2 Å². The smallest absolute Gasteiger partial charge is 0.161 e. The van der Waals surface area contributed by atoms with E-state index in [2.05, 4.69) is 22.6 Å². The summed E-state index contributed by atoms with van der Waals surface area (Å²) in [5, 5.41) is 0. The van der Waals surface area contributed by atoms with Crippen LogP contribution in [0, 0.1) is 21.0 Å². The van der Waals surface area contributed by atoms with E-state index in [0.29, 0.717) is 11.6 Å². The molecule has 0 aliphatic carbocycles. The Morgan fingerprint density at radius 2 is 1.44 bits per heavy atom. The summed E-state index contributed by atoms with van der Waals surface area (Å²) in [6.45, 7) is 0. The largest absolute Gasteiger partial charge is 0.320 e. The lowest BCUT2D eigenvalue weighted by Crippen LogP contribution is -2.14. The lowest BCUT2D eigenvalue weighted by molar-refractivity contribution is 0.487. The molecule has 1 unspecified atom stereocenters. The molecule has 0 fully saturated rings. The highest BCUT2D eigenvalue weighted by molar-refractivity contribution is 14.1. The van der Waals surface area contributed by atoms with Gasteiger partial charge in [-0.1, -0.05) is 12.1 Å². The van der Waals surface area contributed by atoms with Gasteiger partial charge in [0.25, 0.3) is 0 Å². The van der Waals surface area contributed by atoms with Crippen molar-refractivity contribution in [3.05, 3.63) is 68.5 Å². The Morgan fingerprint density at radius 3 is 2.06 bits per heavy atom. The highest BCUT2D eigenvalue weighted by Crippen LogP contribution is 2.24. The molecule has 1 atom stereocenters. The van der Waals surface area contributed by atoms with Gasteiger partial charge in [-0.3, -0.25) is 0 Å². The lowest BCUT2D eigenvalue weighted by Gasteiger charge is -2.14. The molecule has 0 bridgehead atoms. The molecule has 18 heavy (non-hydrogen) atoms. The quantitative estimate of drug-likeness (QED) is 0.638. The Bertz CT molecular complexity index is 569. The van der Waals surface area contributed by atoms with Crippen LogP contribution in [0.3, 0.4) is 0 Å². The van der Waals surface area contributed by atoms with E-state index in [9.17, 15) is 13.2 Å². The average Bonchev–Trinajstić information content (AvgIpc) is 2.34. The van der Waals surface area contributed by atoms with Gasteiger partial charge < -0.3 is 5.73 Å². The first-order valence-corrected chi connectivity index (χ1v) is 6.22.